The average molecular weight is 351 g/mol. The summed E-state index contributed by atoms with van der Waals surface area (Å²) in [4.78, 5) is 41.0. The summed E-state index contributed by atoms with van der Waals surface area (Å²) >= 11 is 0. The van der Waals surface area contributed by atoms with Gasteiger partial charge in [0.25, 0.3) is 11.5 Å². The molecule has 1 atom stereocenters. The predicted molar refractivity (Wildman–Crippen MR) is 96.9 cm³/mol. The zero-order valence-electron chi connectivity index (χ0n) is 13.8. The zero-order valence-corrected chi connectivity index (χ0v) is 13.8. The summed E-state index contributed by atoms with van der Waals surface area (Å²) in [6, 6.07) is 8.55. The van der Waals surface area contributed by atoms with Crippen molar-refractivity contribution in [3.63, 3.8) is 0 Å². The number of aromatic amines is 1. The quantitative estimate of drug-likeness (QED) is 0.662. The molecule has 7 heteroatoms. The van der Waals surface area contributed by atoms with Gasteiger partial charge in [0, 0.05) is 6.20 Å². The van der Waals surface area contributed by atoms with Crippen molar-refractivity contribution < 1.29 is 14.7 Å². The highest BCUT2D eigenvalue weighted by atomic mass is 16.4. The Bertz CT molecular complexity index is 929. The number of hydrogen-bond donors (Lipinski definition) is 3. The van der Waals surface area contributed by atoms with E-state index >= 15 is 0 Å². The van der Waals surface area contributed by atoms with E-state index in [-0.39, 0.29) is 5.56 Å². The summed E-state index contributed by atoms with van der Waals surface area (Å²) in [6.45, 7) is 7.39. The Balaban J connectivity index is 2.39. The summed E-state index contributed by atoms with van der Waals surface area (Å²) in [5, 5.41) is 11.6. The van der Waals surface area contributed by atoms with Crippen LogP contribution in [0.5, 0.6) is 0 Å². The van der Waals surface area contributed by atoms with Gasteiger partial charge in [-0.15, -0.1) is 0 Å². The van der Waals surface area contributed by atoms with E-state index in [1.54, 1.807) is 18.2 Å². The SMILES string of the molecule is C=C/C=C(\C=C)C(NC(=O)c1cnc(C(=O)O)[nH]c1=O)c1ccccc1. The minimum Gasteiger partial charge on any atom is -0.475 e. The van der Waals surface area contributed by atoms with Gasteiger partial charge in [-0.25, -0.2) is 9.78 Å². The van der Waals surface area contributed by atoms with E-state index in [4.69, 9.17) is 5.11 Å². The number of hydrogen-bond acceptors (Lipinski definition) is 4. The normalized spacial score (nSPS) is 12.1. The van der Waals surface area contributed by atoms with Crippen LogP contribution in [0.15, 0.2) is 78.3 Å². The Morgan fingerprint density at radius 3 is 2.46 bits per heavy atom. The number of nitrogens with one attached hydrogen (secondary N) is 2. The van der Waals surface area contributed by atoms with Crippen molar-refractivity contribution in [2.45, 2.75) is 6.04 Å². The Morgan fingerprint density at radius 2 is 1.92 bits per heavy atom. The van der Waals surface area contributed by atoms with Gasteiger partial charge >= 0.3 is 5.97 Å². The van der Waals surface area contributed by atoms with Gasteiger partial charge in [0.05, 0.1) is 6.04 Å². The van der Waals surface area contributed by atoms with Crippen LogP contribution in [-0.4, -0.2) is 27.0 Å². The van der Waals surface area contributed by atoms with Crippen molar-refractivity contribution in [1.82, 2.24) is 15.3 Å². The summed E-state index contributed by atoms with van der Waals surface area (Å²) in [6.07, 6.45) is 5.77. The van der Waals surface area contributed by atoms with Crippen molar-refractivity contribution in [3.8, 4) is 0 Å². The molecule has 2 rings (SSSR count). The molecule has 1 amide bonds. The van der Waals surface area contributed by atoms with Crippen molar-refractivity contribution in [3.05, 3.63) is 101 Å². The number of benzene rings is 1. The van der Waals surface area contributed by atoms with Gasteiger partial charge in [-0.05, 0) is 11.1 Å². The lowest BCUT2D eigenvalue weighted by Gasteiger charge is -2.20. The number of aromatic carboxylic acids is 1. The number of rotatable bonds is 7. The molecule has 0 aliphatic carbocycles. The lowest BCUT2D eigenvalue weighted by molar-refractivity contribution is 0.0682. The van der Waals surface area contributed by atoms with Crippen LogP contribution in [0.3, 0.4) is 0 Å². The minimum absolute atomic E-state index is 0.294. The maximum atomic E-state index is 12.5. The van der Waals surface area contributed by atoms with E-state index in [2.05, 4.69) is 28.4 Å². The number of carbonyl (C=O) groups excluding carboxylic acids is 1. The molecule has 0 saturated heterocycles. The average Bonchev–Trinajstić information content (AvgIpc) is 2.64. The Hall–Kier alpha value is -3.74. The number of aromatic nitrogens is 2. The lowest BCUT2D eigenvalue weighted by atomic mass is 9.97. The van der Waals surface area contributed by atoms with Crippen LogP contribution in [0.1, 0.15) is 32.6 Å². The molecule has 2 aromatic rings. The number of amides is 1. The number of H-pyrrole nitrogens is 1. The van der Waals surface area contributed by atoms with Gasteiger partial charge in [-0.1, -0.05) is 61.7 Å². The van der Waals surface area contributed by atoms with E-state index in [1.165, 1.54) is 0 Å². The molecule has 26 heavy (non-hydrogen) atoms. The second kappa shape index (κ2) is 8.39. The molecule has 0 saturated carbocycles. The third kappa shape index (κ3) is 4.21. The maximum Gasteiger partial charge on any atom is 0.372 e. The van der Waals surface area contributed by atoms with Crippen molar-refractivity contribution in [1.29, 1.82) is 0 Å². The summed E-state index contributed by atoms with van der Waals surface area (Å²) in [5.74, 6) is -2.62. The Labute approximate surface area is 149 Å². The van der Waals surface area contributed by atoms with E-state index < -0.39 is 29.3 Å². The minimum atomic E-state index is -1.39. The van der Waals surface area contributed by atoms with Gasteiger partial charge < -0.3 is 15.4 Å². The van der Waals surface area contributed by atoms with Gasteiger partial charge in [0.15, 0.2) is 0 Å². The summed E-state index contributed by atoms with van der Waals surface area (Å²) in [7, 11) is 0. The van der Waals surface area contributed by atoms with Crippen molar-refractivity contribution >= 4 is 11.9 Å². The van der Waals surface area contributed by atoms with Crippen molar-refractivity contribution in [2.75, 3.05) is 0 Å². The fraction of sp³-hybridized carbons (Fsp3) is 0.0526. The maximum absolute atomic E-state index is 12.5. The molecular formula is C19H17N3O4. The standard InChI is InChI=1S/C19H17N3O4/c1-3-8-12(4-2)15(13-9-6-5-7-10-13)21-17(23)14-11-20-16(19(25)26)22-18(14)24/h3-11,15H,1-2H2,(H,21,23)(H,25,26)(H,20,22,24)/b12-8+. The number of nitrogens with zero attached hydrogens (tertiary/aromatic N) is 1. The molecule has 1 aromatic heterocycles. The van der Waals surface area contributed by atoms with Gasteiger partial charge in [0.2, 0.25) is 5.82 Å². The van der Waals surface area contributed by atoms with Crippen LogP contribution in [0.4, 0.5) is 0 Å². The van der Waals surface area contributed by atoms with Crippen LogP contribution >= 0.6 is 0 Å². The predicted octanol–water partition coefficient (Wildman–Crippen LogP) is 2.24. The molecule has 1 heterocycles. The molecule has 0 aliphatic rings. The lowest BCUT2D eigenvalue weighted by Crippen LogP contribution is -2.34. The Kier molecular flexibility index (Phi) is 6.00. The van der Waals surface area contributed by atoms with E-state index in [0.29, 0.717) is 5.57 Å². The molecule has 0 aliphatic heterocycles. The summed E-state index contributed by atoms with van der Waals surface area (Å²) in [5.41, 5.74) is 0.319. The first kappa shape index (κ1) is 18.6. The van der Waals surface area contributed by atoms with E-state index in [1.807, 2.05) is 30.3 Å². The smallest absolute Gasteiger partial charge is 0.372 e. The third-order valence-electron chi connectivity index (χ3n) is 3.53. The molecular weight excluding hydrogens is 334 g/mol. The third-order valence-corrected chi connectivity index (χ3v) is 3.53. The van der Waals surface area contributed by atoms with Gasteiger partial charge in [-0.2, -0.15) is 0 Å². The highest BCUT2D eigenvalue weighted by Gasteiger charge is 2.21. The second-order valence-corrected chi connectivity index (χ2v) is 5.20. The largest absolute Gasteiger partial charge is 0.475 e. The highest BCUT2D eigenvalue weighted by molar-refractivity contribution is 5.94. The molecule has 132 valence electrons. The molecule has 1 aromatic carbocycles. The zero-order chi connectivity index (χ0) is 19.1. The second-order valence-electron chi connectivity index (χ2n) is 5.20. The number of allylic oxidation sites excluding steroid dienone is 2. The molecule has 0 bridgehead atoms. The molecule has 0 fully saturated rings. The van der Waals surface area contributed by atoms with Crippen LogP contribution in [-0.2, 0) is 0 Å². The number of carbonyl (C=O) groups is 2. The number of carboxylic acids is 1. The molecule has 0 radical (unpaired) electrons. The van der Waals surface area contributed by atoms with Crippen LogP contribution in [0, 0.1) is 0 Å². The van der Waals surface area contributed by atoms with E-state index in [9.17, 15) is 14.4 Å². The highest BCUT2D eigenvalue weighted by Crippen LogP contribution is 2.23. The fourth-order valence-electron chi connectivity index (χ4n) is 2.30. The number of carboxylic acid groups (broad SMARTS) is 1. The molecule has 3 N–H and O–H groups in total. The topological polar surface area (TPSA) is 112 Å². The molecule has 0 spiro atoms. The fourth-order valence-corrected chi connectivity index (χ4v) is 2.30. The van der Waals surface area contributed by atoms with Gasteiger partial charge in [-0.3, -0.25) is 9.59 Å². The first-order valence-corrected chi connectivity index (χ1v) is 7.61. The first-order valence-electron chi connectivity index (χ1n) is 7.61. The van der Waals surface area contributed by atoms with E-state index in [0.717, 1.165) is 11.8 Å². The van der Waals surface area contributed by atoms with Crippen molar-refractivity contribution in [2.24, 2.45) is 0 Å². The van der Waals surface area contributed by atoms with Crippen LogP contribution in [0.25, 0.3) is 0 Å². The molecule has 7 nitrogen and oxygen atoms in total. The van der Waals surface area contributed by atoms with Crippen LogP contribution in [0.2, 0.25) is 0 Å². The Morgan fingerprint density at radius 1 is 1.23 bits per heavy atom. The summed E-state index contributed by atoms with van der Waals surface area (Å²) < 4.78 is 0. The monoisotopic (exact) mass is 351 g/mol. The van der Waals surface area contributed by atoms with Gasteiger partial charge in [0.1, 0.15) is 5.56 Å². The molecule has 1 unspecified atom stereocenters. The van der Waals surface area contributed by atoms with Crippen LogP contribution < -0.4 is 10.9 Å². The first-order chi connectivity index (χ1) is 12.5.